The maximum atomic E-state index is 5.29. The van der Waals surface area contributed by atoms with Crippen LogP contribution in [-0.4, -0.2) is 15.0 Å². The second-order valence-electron chi connectivity index (χ2n) is 3.56. The van der Waals surface area contributed by atoms with Crippen molar-refractivity contribution in [2.24, 2.45) is 0 Å². The number of aromatic amines is 1. The van der Waals surface area contributed by atoms with E-state index in [1.807, 2.05) is 30.0 Å². The van der Waals surface area contributed by atoms with Crippen LogP contribution in [-0.2, 0) is 11.5 Å². The van der Waals surface area contributed by atoms with Gasteiger partial charge in [0, 0.05) is 29.0 Å². The number of rotatable bonds is 1. The lowest BCUT2D eigenvalue weighted by atomic mass is 10.2. The van der Waals surface area contributed by atoms with Crippen LogP contribution >= 0.6 is 24.0 Å². The number of hydrogen-bond acceptors (Lipinski definition) is 4. The van der Waals surface area contributed by atoms with E-state index in [9.17, 15) is 0 Å². The van der Waals surface area contributed by atoms with E-state index in [-0.39, 0.29) is 0 Å². The van der Waals surface area contributed by atoms with E-state index < -0.39 is 0 Å². The molecule has 3 rings (SSSR count). The lowest BCUT2D eigenvalue weighted by molar-refractivity contribution is 1.04. The second kappa shape index (κ2) is 3.99. The van der Waals surface area contributed by atoms with Crippen LogP contribution in [0.15, 0.2) is 24.4 Å². The summed E-state index contributed by atoms with van der Waals surface area (Å²) in [6.07, 6.45) is 1.76. The summed E-state index contributed by atoms with van der Waals surface area (Å²) in [5.41, 5.74) is 3.22. The van der Waals surface area contributed by atoms with Gasteiger partial charge < -0.3 is 4.98 Å². The third-order valence-corrected chi connectivity index (χ3v) is 3.83. The predicted octanol–water partition coefficient (Wildman–Crippen LogP) is 2.95. The first-order valence-electron chi connectivity index (χ1n) is 4.96. The van der Waals surface area contributed by atoms with Crippen LogP contribution in [0.5, 0.6) is 0 Å². The van der Waals surface area contributed by atoms with Gasteiger partial charge >= 0.3 is 0 Å². The zero-order valence-electron chi connectivity index (χ0n) is 8.43. The molecule has 0 fully saturated rings. The molecule has 2 aromatic rings. The Bertz CT molecular complexity index is 578. The van der Waals surface area contributed by atoms with E-state index in [2.05, 4.69) is 15.0 Å². The molecular weight excluding hydrogens is 238 g/mol. The van der Waals surface area contributed by atoms with Gasteiger partial charge in [-0.2, -0.15) is 11.8 Å². The fourth-order valence-corrected chi connectivity index (χ4v) is 3.14. The Balaban J connectivity index is 2.17. The second-order valence-corrected chi connectivity index (χ2v) is 4.93. The molecule has 16 heavy (non-hydrogen) atoms. The monoisotopic (exact) mass is 247 g/mol. The molecule has 0 unspecified atom stereocenters. The molecule has 1 aliphatic heterocycles. The van der Waals surface area contributed by atoms with E-state index >= 15 is 0 Å². The van der Waals surface area contributed by atoms with Gasteiger partial charge in [0.05, 0.1) is 0 Å². The van der Waals surface area contributed by atoms with Gasteiger partial charge in [-0.25, -0.2) is 4.98 Å². The average molecular weight is 247 g/mol. The quantitative estimate of drug-likeness (QED) is 0.787. The Kier molecular flexibility index (Phi) is 2.49. The summed E-state index contributed by atoms with van der Waals surface area (Å²) >= 11 is 7.16. The van der Waals surface area contributed by atoms with E-state index in [0.717, 1.165) is 23.0 Å². The molecule has 5 heteroatoms. The number of hydrogen-bond donors (Lipinski definition) is 1. The standard InChI is InChI=1S/C11H9N3S2/c15-11-7-5-16-6-9(7)13-10(14-11)8-3-1-2-4-12-8/h1-4H,5-6H2,(H,13,14,15). The average Bonchev–Trinajstić information content (AvgIpc) is 2.79. The first-order valence-corrected chi connectivity index (χ1v) is 6.52. The molecule has 0 spiro atoms. The van der Waals surface area contributed by atoms with Gasteiger partial charge in [0.1, 0.15) is 10.3 Å². The van der Waals surface area contributed by atoms with Crippen LogP contribution in [0.2, 0.25) is 0 Å². The van der Waals surface area contributed by atoms with Gasteiger partial charge in [0.25, 0.3) is 0 Å². The van der Waals surface area contributed by atoms with E-state index in [4.69, 9.17) is 12.2 Å². The molecule has 0 amide bonds. The summed E-state index contributed by atoms with van der Waals surface area (Å²) in [6.45, 7) is 0. The molecule has 0 aliphatic carbocycles. The first-order chi connectivity index (χ1) is 7.84. The first kappa shape index (κ1) is 9.99. The minimum atomic E-state index is 0.708. The van der Waals surface area contributed by atoms with E-state index in [1.165, 1.54) is 11.3 Å². The van der Waals surface area contributed by atoms with Crippen LogP contribution in [0.4, 0.5) is 0 Å². The van der Waals surface area contributed by atoms with Crippen molar-refractivity contribution in [3.05, 3.63) is 40.3 Å². The number of aromatic nitrogens is 3. The maximum Gasteiger partial charge on any atom is 0.157 e. The number of H-pyrrole nitrogens is 1. The lowest BCUT2D eigenvalue weighted by Gasteiger charge is -2.03. The number of thioether (sulfide) groups is 1. The summed E-state index contributed by atoms with van der Waals surface area (Å²) in [7, 11) is 0. The van der Waals surface area contributed by atoms with Gasteiger partial charge in [-0.15, -0.1) is 0 Å². The highest BCUT2D eigenvalue weighted by molar-refractivity contribution is 7.98. The predicted molar refractivity (Wildman–Crippen MR) is 67.7 cm³/mol. The fourth-order valence-electron chi connectivity index (χ4n) is 1.70. The van der Waals surface area contributed by atoms with Gasteiger partial charge in [0.15, 0.2) is 5.82 Å². The largest absolute Gasteiger partial charge is 0.341 e. The minimum Gasteiger partial charge on any atom is -0.341 e. The summed E-state index contributed by atoms with van der Waals surface area (Å²) in [4.78, 5) is 12.0. The molecule has 1 N–H and O–H groups in total. The third-order valence-electron chi connectivity index (χ3n) is 2.51. The van der Waals surface area contributed by atoms with Crippen molar-refractivity contribution in [1.29, 1.82) is 0 Å². The number of fused-ring (bicyclic) bond motifs is 1. The van der Waals surface area contributed by atoms with Gasteiger partial charge in [0.2, 0.25) is 0 Å². The van der Waals surface area contributed by atoms with Crippen LogP contribution in [0.25, 0.3) is 11.5 Å². The number of nitrogens with one attached hydrogen (secondary N) is 1. The SMILES string of the molecule is S=c1nc(-c2ccccn2)[nH]c2c1CSC2. The Morgan fingerprint density at radius 2 is 2.25 bits per heavy atom. The molecule has 0 aromatic carbocycles. The van der Waals surface area contributed by atoms with Gasteiger partial charge in [-0.3, -0.25) is 4.98 Å². The van der Waals surface area contributed by atoms with Crippen LogP contribution in [0, 0.1) is 4.64 Å². The van der Waals surface area contributed by atoms with E-state index in [1.54, 1.807) is 6.20 Å². The summed E-state index contributed by atoms with van der Waals surface area (Å²) in [5.74, 6) is 2.73. The van der Waals surface area contributed by atoms with Crippen LogP contribution in [0.3, 0.4) is 0 Å². The Labute approximate surface area is 102 Å². The molecule has 0 radical (unpaired) electrons. The molecule has 80 valence electrons. The highest BCUT2D eigenvalue weighted by Gasteiger charge is 2.15. The molecule has 0 bridgehead atoms. The maximum absolute atomic E-state index is 5.29. The van der Waals surface area contributed by atoms with Crippen molar-refractivity contribution in [2.75, 3.05) is 0 Å². The highest BCUT2D eigenvalue weighted by Crippen LogP contribution is 2.29. The van der Waals surface area contributed by atoms with Crippen molar-refractivity contribution < 1.29 is 0 Å². The lowest BCUT2D eigenvalue weighted by Crippen LogP contribution is -1.98. The smallest absolute Gasteiger partial charge is 0.157 e. The van der Waals surface area contributed by atoms with Crippen molar-refractivity contribution in [3.8, 4) is 11.5 Å². The molecule has 2 aromatic heterocycles. The molecule has 3 nitrogen and oxygen atoms in total. The Hall–Kier alpha value is -1.20. The molecule has 3 heterocycles. The van der Waals surface area contributed by atoms with Crippen LogP contribution < -0.4 is 0 Å². The van der Waals surface area contributed by atoms with Crippen molar-refractivity contribution in [2.45, 2.75) is 11.5 Å². The van der Waals surface area contributed by atoms with Crippen LogP contribution in [0.1, 0.15) is 11.3 Å². The Morgan fingerprint density at radius 1 is 1.31 bits per heavy atom. The molecule has 1 aliphatic rings. The zero-order chi connectivity index (χ0) is 11.0. The van der Waals surface area contributed by atoms with Crippen molar-refractivity contribution in [1.82, 2.24) is 15.0 Å². The molecule has 0 saturated heterocycles. The van der Waals surface area contributed by atoms with Crippen molar-refractivity contribution >= 4 is 24.0 Å². The topological polar surface area (TPSA) is 41.6 Å². The minimum absolute atomic E-state index is 0.708. The summed E-state index contributed by atoms with van der Waals surface area (Å²) in [6, 6.07) is 5.77. The highest BCUT2D eigenvalue weighted by atomic mass is 32.2. The third kappa shape index (κ3) is 1.66. The molecule has 0 atom stereocenters. The number of pyridine rings is 1. The Morgan fingerprint density at radius 3 is 3.06 bits per heavy atom. The molecule has 0 saturated carbocycles. The summed E-state index contributed by atoms with van der Waals surface area (Å²) < 4.78 is 0.708. The van der Waals surface area contributed by atoms with Crippen molar-refractivity contribution in [3.63, 3.8) is 0 Å². The molecular formula is C11H9N3S2. The van der Waals surface area contributed by atoms with Gasteiger partial charge in [-0.05, 0) is 12.1 Å². The van der Waals surface area contributed by atoms with E-state index in [0.29, 0.717) is 4.64 Å². The zero-order valence-corrected chi connectivity index (χ0v) is 10.1. The normalized spacial score (nSPS) is 13.8. The fraction of sp³-hybridized carbons (Fsp3) is 0.182. The summed E-state index contributed by atoms with van der Waals surface area (Å²) in [5, 5.41) is 0. The van der Waals surface area contributed by atoms with Gasteiger partial charge in [-0.1, -0.05) is 18.3 Å². The number of nitrogens with zero attached hydrogens (tertiary/aromatic N) is 2.